The Balaban J connectivity index is 7.64. The van der Waals surface area contributed by atoms with Crippen LogP contribution in [0.3, 0.4) is 0 Å². The van der Waals surface area contributed by atoms with Crippen molar-refractivity contribution in [3.8, 4) is 0 Å². The molecule has 0 saturated carbocycles. The number of hydrogen-bond donors (Lipinski definition) is 0. The van der Waals surface area contributed by atoms with Crippen molar-refractivity contribution in [2.24, 2.45) is 0 Å². The normalized spacial score (nSPS) is 16.5. The molecule has 0 fully saturated rings. The van der Waals surface area contributed by atoms with Crippen molar-refractivity contribution < 1.29 is 31.7 Å². The molecule has 0 N–H and O–H groups in total. The van der Waals surface area contributed by atoms with E-state index in [4.69, 9.17) is 26.9 Å². The van der Waals surface area contributed by atoms with Crippen molar-refractivity contribution in [3.63, 3.8) is 0 Å². The van der Waals surface area contributed by atoms with Crippen LogP contribution in [-0.4, -0.2) is 76.4 Å². The van der Waals surface area contributed by atoms with E-state index in [1.54, 1.807) is 6.92 Å². The van der Waals surface area contributed by atoms with Gasteiger partial charge >= 0.3 is 11.9 Å². The van der Waals surface area contributed by atoms with Gasteiger partial charge < -0.3 is 26.9 Å². The number of esters is 1. The van der Waals surface area contributed by atoms with Crippen molar-refractivity contribution in [2.75, 3.05) is 0 Å². The molecule has 13 heteroatoms. The topological polar surface area (TPSA) is 72.5 Å². The summed E-state index contributed by atoms with van der Waals surface area (Å²) in [6.07, 6.45) is 0. The third-order valence-corrected chi connectivity index (χ3v) is 24.6. The van der Waals surface area contributed by atoms with Crippen LogP contribution in [0.15, 0.2) is 12.2 Å². The van der Waals surface area contributed by atoms with Gasteiger partial charge in [0.25, 0.3) is 5.79 Å². The van der Waals surface area contributed by atoms with Crippen molar-refractivity contribution in [3.05, 3.63) is 12.2 Å². The van der Waals surface area contributed by atoms with E-state index in [1.165, 1.54) is 0 Å². The SMILES string of the molecule is C=C(C)C(=O)OC(O[Si](C)(C)C)(O[Si](C)(C)C)C(O[SiH3])(O[Si](C)(C)[Si](C)(C)C)C(C)(C)O[SiH3]. The number of ether oxygens (including phenoxy) is 1. The predicted octanol–water partition coefficient (Wildman–Crippen LogP) is 3.17. The molecule has 0 aromatic heterocycles. The Morgan fingerprint density at radius 3 is 1.39 bits per heavy atom. The molecule has 1 atom stereocenters. The maximum atomic E-state index is 13.1. The highest BCUT2D eigenvalue weighted by atomic mass is 29.3. The molecule has 0 amide bonds. The Morgan fingerprint density at radius 1 is 0.758 bits per heavy atom. The molecule has 196 valence electrons. The Labute approximate surface area is 212 Å². The fourth-order valence-electron chi connectivity index (χ4n) is 2.89. The maximum absolute atomic E-state index is 13.1. The van der Waals surface area contributed by atoms with Crippen LogP contribution < -0.4 is 0 Å². The number of carbonyl (C=O) groups is 1. The molecular formula is C20H50O7Si6. The number of hydrogen-bond acceptors (Lipinski definition) is 7. The van der Waals surface area contributed by atoms with E-state index in [0.29, 0.717) is 10.5 Å². The number of rotatable bonds is 13. The van der Waals surface area contributed by atoms with Crippen LogP contribution in [0.5, 0.6) is 0 Å². The summed E-state index contributed by atoms with van der Waals surface area (Å²) in [6, 6.07) is 0. The lowest BCUT2D eigenvalue weighted by Crippen LogP contribution is -2.78. The average molecular weight is 571 g/mol. The predicted molar refractivity (Wildman–Crippen MR) is 153 cm³/mol. The van der Waals surface area contributed by atoms with E-state index in [1.807, 2.05) is 53.1 Å². The van der Waals surface area contributed by atoms with E-state index in [2.05, 4.69) is 39.3 Å². The molecule has 0 rings (SSSR count). The summed E-state index contributed by atoms with van der Waals surface area (Å²) in [6.45, 7) is 32.6. The van der Waals surface area contributed by atoms with Gasteiger partial charge in [-0.05, 0) is 73.1 Å². The largest absolute Gasteiger partial charge is 0.417 e. The minimum atomic E-state index is -2.40. The van der Waals surface area contributed by atoms with Gasteiger partial charge in [0.2, 0.25) is 0 Å². The number of carbonyl (C=O) groups excluding carboxylic acids is 1. The Morgan fingerprint density at radius 2 is 1.15 bits per heavy atom. The quantitative estimate of drug-likeness (QED) is 0.146. The highest BCUT2D eigenvalue weighted by molar-refractivity contribution is 7.37. The fraction of sp³-hybridized carbons (Fsp3) is 0.850. The maximum Gasteiger partial charge on any atom is 0.369 e. The first-order chi connectivity index (χ1) is 14.3. The Kier molecular flexibility index (Phi) is 10.8. The van der Waals surface area contributed by atoms with Gasteiger partial charge in [0, 0.05) is 5.57 Å². The Bertz CT molecular complexity index is 691. The van der Waals surface area contributed by atoms with Gasteiger partial charge in [-0.1, -0.05) is 26.2 Å². The van der Waals surface area contributed by atoms with E-state index in [9.17, 15) is 4.79 Å². The van der Waals surface area contributed by atoms with Crippen molar-refractivity contribution >= 4 is 59.0 Å². The molecule has 0 aliphatic heterocycles. The van der Waals surface area contributed by atoms with Crippen LogP contribution in [0.2, 0.25) is 72.0 Å². The first-order valence-corrected chi connectivity index (χ1v) is 27.3. The lowest BCUT2D eigenvalue weighted by atomic mass is 9.95. The van der Waals surface area contributed by atoms with Crippen LogP contribution in [0.1, 0.15) is 20.8 Å². The first kappa shape index (κ1) is 33.3. The summed E-state index contributed by atoms with van der Waals surface area (Å²) < 4.78 is 39.3. The molecule has 0 aliphatic carbocycles. The van der Waals surface area contributed by atoms with Crippen LogP contribution in [0, 0.1) is 0 Å². The third kappa shape index (κ3) is 8.16. The molecule has 7 nitrogen and oxygen atoms in total. The molecule has 33 heavy (non-hydrogen) atoms. The van der Waals surface area contributed by atoms with Crippen LogP contribution >= 0.6 is 0 Å². The zero-order chi connectivity index (χ0) is 26.9. The summed E-state index contributed by atoms with van der Waals surface area (Å²) in [7, 11) is -8.32. The zero-order valence-corrected chi connectivity index (χ0v) is 32.1. The summed E-state index contributed by atoms with van der Waals surface area (Å²) in [4.78, 5) is 13.1. The second kappa shape index (κ2) is 10.7. The van der Waals surface area contributed by atoms with E-state index >= 15 is 0 Å². The third-order valence-electron chi connectivity index (χ3n) is 5.66. The minimum Gasteiger partial charge on any atom is -0.417 e. The van der Waals surface area contributed by atoms with Gasteiger partial charge in [-0.2, -0.15) is 0 Å². The van der Waals surface area contributed by atoms with Crippen LogP contribution in [-0.2, 0) is 31.7 Å². The van der Waals surface area contributed by atoms with Crippen LogP contribution in [0.4, 0.5) is 0 Å². The lowest BCUT2D eigenvalue weighted by Gasteiger charge is -2.59. The molecule has 1 unspecified atom stereocenters. The summed E-state index contributed by atoms with van der Waals surface area (Å²) in [5.41, 5.74) is -0.786. The van der Waals surface area contributed by atoms with E-state index < -0.39 is 55.4 Å². The summed E-state index contributed by atoms with van der Waals surface area (Å²) >= 11 is 0. The molecule has 0 aromatic carbocycles. The van der Waals surface area contributed by atoms with Gasteiger partial charge in [-0.3, -0.25) is 0 Å². The lowest BCUT2D eigenvalue weighted by molar-refractivity contribution is -0.439. The summed E-state index contributed by atoms with van der Waals surface area (Å²) in [5.74, 6) is -4.18. The molecule has 0 radical (unpaired) electrons. The van der Waals surface area contributed by atoms with Gasteiger partial charge in [0.15, 0.2) is 24.5 Å². The molecule has 0 aromatic rings. The fourth-order valence-corrected chi connectivity index (χ4v) is 9.11. The van der Waals surface area contributed by atoms with Crippen molar-refractivity contribution in [1.82, 2.24) is 0 Å². The highest BCUT2D eigenvalue weighted by Crippen LogP contribution is 2.48. The van der Waals surface area contributed by atoms with Crippen molar-refractivity contribution in [1.29, 1.82) is 0 Å². The smallest absolute Gasteiger partial charge is 0.369 e. The van der Waals surface area contributed by atoms with Gasteiger partial charge in [-0.15, -0.1) is 0 Å². The summed E-state index contributed by atoms with van der Waals surface area (Å²) in [5, 5.41) is 0. The highest BCUT2D eigenvalue weighted by Gasteiger charge is 2.71. The Hall–Kier alpha value is 0.311. The molecule has 0 aliphatic rings. The van der Waals surface area contributed by atoms with Gasteiger partial charge in [-0.25, -0.2) is 4.79 Å². The molecular weight excluding hydrogens is 521 g/mol. The molecule has 0 saturated heterocycles. The molecule has 0 bridgehead atoms. The second-order valence-electron chi connectivity index (χ2n) is 12.6. The van der Waals surface area contributed by atoms with Crippen molar-refractivity contribution in [2.45, 2.75) is 110 Å². The van der Waals surface area contributed by atoms with E-state index in [-0.39, 0.29) is 16.1 Å². The first-order valence-electron chi connectivity index (χ1n) is 11.4. The molecule has 0 heterocycles. The monoisotopic (exact) mass is 570 g/mol. The zero-order valence-electron chi connectivity index (χ0n) is 24.1. The molecule has 0 spiro atoms. The average Bonchev–Trinajstić information content (AvgIpc) is 2.54. The standard InChI is InChI=1S/C20H50O7Si6/c1-16(2)17(21)22-20(26-30(5,6)7,27-31(8,9)10)19(24-29,18(3,4)23-28)25-33(14,15)32(11,12)13/h1H2,2-15,28-29H3. The minimum absolute atomic E-state index is 0.242. The van der Waals surface area contributed by atoms with E-state index in [0.717, 1.165) is 0 Å². The second-order valence-corrected chi connectivity index (χ2v) is 38.1. The van der Waals surface area contributed by atoms with Gasteiger partial charge in [0.05, 0.1) is 7.59 Å². The van der Waals surface area contributed by atoms with Crippen LogP contribution in [0.25, 0.3) is 0 Å². The van der Waals surface area contributed by atoms with Gasteiger partial charge in [0.1, 0.15) is 26.6 Å².